The highest BCUT2D eigenvalue weighted by Crippen LogP contribution is 2.37. The number of hydrogen-bond donors (Lipinski definition) is 0. The van der Waals surface area contributed by atoms with Crippen LogP contribution in [0.15, 0.2) is 90.1 Å². The van der Waals surface area contributed by atoms with Crippen molar-refractivity contribution in [3.63, 3.8) is 0 Å². The van der Waals surface area contributed by atoms with Gasteiger partial charge in [0.2, 0.25) is 5.95 Å². The number of rotatable bonds is 4. The number of anilines is 1. The van der Waals surface area contributed by atoms with Crippen LogP contribution < -0.4 is 10.5 Å². The Kier molecular flexibility index (Phi) is 5.25. The Balaban J connectivity index is 1.61. The minimum absolute atomic E-state index is 0.139. The fourth-order valence-electron chi connectivity index (χ4n) is 4.21. The molecule has 5 rings (SSSR count). The average Bonchev–Trinajstić information content (AvgIpc) is 2.87. The highest BCUT2D eigenvalue weighted by molar-refractivity contribution is 5.55. The molecule has 0 unspecified atom stereocenters. The Bertz CT molecular complexity index is 1220. The molecule has 160 valence electrons. The summed E-state index contributed by atoms with van der Waals surface area (Å²) >= 11 is 0. The van der Waals surface area contributed by atoms with Gasteiger partial charge in [-0.1, -0.05) is 60.7 Å². The molecule has 4 aromatic rings. The van der Waals surface area contributed by atoms with Gasteiger partial charge >= 0.3 is 0 Å². The summed E-state index contributed by atoms with van der Waals surface area (Å²) in [6.07, 6.45) is 3.10. The van der Waals surface area contributed by atoms with E-state index in [-0.39, 0.29) is 5.56 Å². The Morgan fingerprint density at radius 2 is 1.62 bits per heavy atom. The van der Waals surface area contributed by atoms with Gasteiger partial charge in [-0.15, -0.1) is 0 Å². The zero-order chi connectivity index (χ0) is 22.0. The van der Waals surface area contributed by atoms with Gasteiger partial charge in [-0.25, -0.2) is 15.0 Å². The van der Waals surface area contributed by atoms with Crippen LogP contribution in [0.25, 0.3) is 11.4 Å². The van der Waals surface area contributed by atoms with E-state index in [1.165, 1.54) is 12.4 Å². The van der Waals surface area contributed by atoms with Crippen molar-refractivity contribution in [1.82, 2.24) is 19.5 Å². The van der Waals surface area contributed by atoms with Crippen LogP contribution in [0.4, 0.5) is 5.95 Å². The molecule has 1 aliphatic rings. The fraction of sp³-hybridized carbons (Fsp3) is 0.200. The molecule has 1 saturated heterocycles. The molecule has 7 nitrogen and oxygen atoms in total. The first-order chi connectivity index (χ1) is 15.7. The van der Waals surface area contributed by atoms with E-state index in [0.29, 0.717) is 37.0 Å². The Morgan fingerprint density at radius 3 is 2.25 bits per heavy atom. The van der Waals surface area contributed by atoms with Crippen molar-refractivity contribution in [1.29, 1.82) is 0 Å². The van der Waals surface area contributed by atoms with Gasteiger partial charge in [0.05, 0.1) is 24.5 Å². The molecule has 0 N–H and O–H groups in total. The third-order valence-corrected chi connectivity index (χ3v) is 5.84. The second-order valence-electron chi connectivity index (χ2n) is 7.76. The second kappa shape index (κ2) is 8.36. The van der Waals surface area contributed by atoms with Gasteiger partial charge in [0.25, 0.3) is 5.56 Å². The van der Waals surface area contributed by atoms with E-state index in [1.54, 1.807) is 23.9 Å². The van der Waals surface area contributed by atoms with Crippen LogP contribution in [0.1, 0.15) is 11.1 Å². The predicted molar refractivity (Wildman–Crippen MR) is 122 cm³/mol. The summed E-state index contributed by atoms with van der Waals surface area (Å²) in [6, 6.07) is 23.7. The third-order valence-electron chi connectivity index (χ3n) is 5.84. The van der Waals surface area contributed by atoms with Crippen molar-refractivity contribution in [2.75, 3.05) is 24.6 Å². The van der Waals surface area contributed by atoms with E-state index in [4.69, 9.17) is 9.72 Å². The molecule has 0 saturated carbocycles. The van der Waals surface area contributed by atoms with Crippen molar-refractivity contribution in [3.8, 4) is 11.4 Å². The van der Waals surface area contributed by atoms with E-state index in [2.05, 4.69) is 39.1 Å². The molecule has 0 amide bonds. The minimum atomic E-state index is -0.677. The molecule has 7 heteroatoms. The monoisotopic (exact) mass is 425 g/mol. The molecule has 1 fully saturated rings. The Morgan fingerprint density at radius 1 is 0.938 bits per heavy atom. The quantitative estimate of drug-likeness (QED) is 0.501. The van der Waals surface area contributed by atoms with Crippen LogP contribution in [0, 0.1) is 0 Å². The molecule has 0 aliphatic carbocycles. The van der Waals surface area contributed by atoms with Crippen molar-refractivity contribution >= 4 is 5.95 Å². The van der Waals surface area contributed by atoms with Crippen molar-refractivity contribution in [2.24, 2.45) is 7.05 Å². The number of morpholine rings is 1. The van der Waals surface area contributed by atoms with Gasteiger partial charge in [-0.2, -0.15) is 0 Å². The van der Waals surface area contributed by atoms with Crippen LogP contribution in [0.3, 0.4) is 0 Å². The van der Waals surface area contributed by atoms with Gasteiger partial charge in [-0.3, -0.25) is 9.36 Å². The first-order valence-electron chi connectivity index (χ1n) is 10.5. The summed E-state index contributed by atoms with van der Waals surface area (Å²) in [7, 11) is 1.75. The van der Waals surface area contributed by atoms with E-state index in [1.807, 2.05) is 36.4 Å². The third kappa shape index (κ3) is 3.56. The lowest BCUT2D eigenvalue weighted by molar-refractivity contribution is -0.0301. The molecule has 3 heterocycles. The molecule has 0 atom stereocenters. The van der Waals surface area contributed by atoms with E-state index >= 15 is 0 Å². The van der Waals surface area contributed by atoms with Crippen molar-refractivity contribution < 1.29 is 4.74 Å². The number of nitrogens with zero attached hydrogens (tertiary/aromatic N) is 5. The molecule has 2 aromatic carbocycles. The summed E-state index contributed by atoms with van der Waals surface area (Å²) in [4.78, 5) is 28.0. The van der Waals surface area contributed by atoms with Crippen LogP contribution in [-0.2, 0) is 17.4 Å². The molecule has 2 aromatic heterocycles. The lowest BCUT2D eigenvalue weighted by Crippen LogP contribution is -2.52. The predicted octanol–water partition coefficient (Wildman–Crippen LogP) is 3.02. The van der Waals surface area contributed by atoms with Crippen molar-refractivity contribution in [3.05, 3.63) is 107 Å². The maximum Gasteiger partial charge on any atom is 0.255 e. The average molecular weight is 425 g/mol. The summed E-state index contributed by atoms with van der Waals surface area (Å²) in [5.41, 5.74) is 2.45. The second-order valence-corrected chi connectivity index (χ2v) is 7.76. The molecule has 0 radical (unpaired) electrons. The molecule has 0 bridgehead atoms. The van der Waals surface area contributed by atoms with Crippen molar-refractivity contribution in [2.45, 2.75) is 5.60 Å². The van der Waals surface area contributed by atoms with Crippen LogP contribution in [-0.4, -0.2) is 39.2 Å². The zero-order valence-electron chi connectivity index (χ0n) is 17.8. The van der Waals surface area contributed by atoms with Gasteiger partial charge in [0.15, 0.2) is 0 Å². The summed E-state index contributed by atoms with van der Waals surface area (Å²) < 4.78 is 8.08. The Labute approximate surface area is 186 Å². The smallest absolute Gasteiger partial charge is 0.255 e. The minimum Gasteiger partial charge on any atom is -0.362 e. The number of hydrogen-bond acceptors (Lipinski definition) is 6. The lowest BCUT2D eigenvalue weighted by atomic mass is 9.84. The number of benzene rings is 2. The topological polar surface area (TPSA) is 73.1 Å². The van der Waals surface area contributed by atoms with Gasteiger partial charge in [-0.05, 0) is 17.2 Å². The molecular formula is C25H23N5O2. The highest BCUT2D eigenvalue weighted by Gasteiger charge is 2.41. The standard InChI is InChI=1S/C25H23N5O2/c1-29-23(31)16-22(21-12-13-26-18-27-21)28-24(29)30-14-15-32-25(17-30,19-8-4-2-5-9-19)20-10-6-3-7-11-20/h2-13,16,18H,14-15,17H2,1H3. The van der Waals surface area contributed by atoms with Gasteiger partial charge in [0, 0.05) is 25.9 Å². The first kappa shape index (κ1) is 20.1. The Hall–Kier alpha value is -3.84. The normalized spacial score (nSPS) is 15.5. The highest BCUT2D eigenvalue weighted by atomic mass is 16.5. The van der Waals surface area contributed by atoms with Crippen LogP contribution in [0.2, 0.25) is 0 Å². The maximum atomic E-state index is 12.8. The van der Waals surface area contributed by atoms with E-state index in [9.17, 15) is 4.79 Å². The largest absolute Gasteiger partial charge is 0.362 e. The summed E-state index contributed by atoms with van der Waals surface area (Å²) in [5, 5.41) is 0. The fourth-order valence-corrected chi connectivity index (χ4v) is 4.21. The van der Waals surface area contributed by atoms with Gasteiger partial charge < -0.3 is 9.64 Å². The summed E-state index contributed by atoms with van der Waals surface area (Å²) in [6.45, 7) is 1.64. The molecule has 32 heavy (non-hydrogen) atoms. The number of ether oxygens (including phenoxy) is 1. The van der Waals surface area contributed by atoms with E-state index in [0.717, 1.165) is 11.1 Å². The zero-order valence-corrected chi connectivity index (χ0v) is 17.8. The molecular weight excluding hydrogens is 402 g/mol. The van der Waals surface area contributed by atoms with Crippen LogP contribution in [0.5, 0.6) is 0 Å². The lowest BCUT2D eigenvalue weighted by Gasteiger charge is -2.44. The maximum absolute atomic E-state index is 12.8. The molecule has 1 aliphatic heterocycles. The van der Waals surface area contributed by atoms with Gasteiger partial charge in [0.1, 0.15) is 11.9 Å². The first-order valence-corrected chi connectivity index (χ1v) is 10.5. The molecule has 0 spiro atoms. The number of aromatic nitrogens is 4. The van der Waals surface area contributed by atoms with Crippen LogP contribution >= 0.6 is 0 Å². The van der Waals surface area contributed by atoms with E-state index < -0.39 is 5.60 Å². The summed E-state index contributed by atoms with van der Waals surface area (Å²) in [5.74, 6) is 0.589. The SMILES string of the molecule is Cn1c(N2CCOC(c3ccccc3)(c3ccccc3)C2)nc(-c2ccncn2)cc1=O.